The molecular weight excluding hydrogens is 342 g/mol. The molecule has 1 N–H and O–H groups in total. The normalized spacial score (nSPS) is 11.0. The van der Waals surface area contributed by atoms with Gasteiger partial charge in [-0.3, -0.25) is 4.99 Å². The number of methoxy groups -OCH3 is 2. The summed E-state index contributed by atoms with van der Waals surface area (Å²) < 4.78 is 16.3. The molecule has 0 saturated heterocycles. The highest BCUT2D eigenvalue weighted by molar-refractivity contribution is 5.79. The van der Waals surface area contributed by atoms with Crippen molar-refractivity contribution in [2.45, 2.75) is 6.42 Å². The maximum Gasteiger partial charge on any atom is 0.193 e. The number of aliphatic imine (C=N–C) groups is 1. The Morgan fingerprint density at radius 3 is 2.44 bits per heavy atom. The second kappa shape index (κ2) is 11.0. The molecule has 0 atom stereocenters. The summed E-state index contributed by atoms with van der Waals surface area (Å²) in [4.78, 5) is 6.43. The van der Waals surface area contributed by atoms with Gasteiger partial charge in [-0.25, -0.2) is 0 Å². The van der Waals surface area contributed by atoms with Gasteiger partial charge in [0, 0.05) is 20.6 Å². The summed E-state index contributed by atoms with van der Waals surface area (Å²) in [5.74, 6) is 3.20. The predicted molar refractivity (Wildman–Crippen MR) is 109 cm³/mol. The number of hydrogen-bond donors (Lipinski definition) is 1. The van der Waals surface area contributed by atoms with E-state index < -0.39 is 0 Å². The maximum absolute atomic E-state index is 5.70. The van der Waals surface area contributed by atoms with Crippen molar-refractivity contribution in [2.75, 3.05) is 48.0 Å². The van der Waals surface area contributed by atoms with Gasteiger partial charge in [-0.1, -0.05) is 24.3 Å². The van der Waals surface area contributed by atoms with Crippen LogP contribution in [-0.2, 0) is 6.42 Å². The standard InChI is InChI=1S/C21H29N3O3/c1-22-21(23-13-15-27-18-8-6-5-7-9-18)24(2)14-12-17-10-11-19(25-3)20(16-17)26-4/h5-11,16H,12-15H2,1-4H3,(H,22,23). The fourth-order valence-electron chi connectivity index (χ4n) is 2.67. The van der Waals surface area contributed by atoms with Crippen LogP contribution >= 0.6 is 0 Å². The summed E-state index contributed by atoms with van der Waals surface area (Å²) in [6.45, 7) is 2.09. The van der Waals surface area contributed by atoms with Gasteiger partial charge in [-0.05, 0) is 36.2 Å². The molecule has 0 saturated carbocycles. The van der Waals surface area contributed by atoms with E-state index in [0.29, 0.717) is 13.2 Å². The van der Waals surface area contributed by atoms with E-state index in [0.717, 1.165) is 36.2 Å². The number of ether oxygens (including phenoxy) is 3. The molecule has 0 aliphatic heterocycles. The zero-order chi connectivity index (χ0) is 19.5. The smallest absolute Gasteiger partial charge is 0.193 e. The Balaban J connectivity index is 1.78. The molecule has 146 valence electrons. The maximum atomic E-state index is 5.70. The first kappa shape index (κ1) is 20.4. The summed E-state index contributed by atoms with van der Waals surface area (Å²) in [5, 5.41) is 3.32. The van der Waals surface area contributed by atoms with E-state index in [2.05, 4.69) is 21.3 Å². The largest absolute Gasteiger partial charge is 0.493 e. The van der Waals surface area contributed by atoms with Crippen molar-refractivity contribution in [3.63, 3.8) is 0 Å². The van der Waals surface area contributed by atoms with Gasteiger partial charge in [-0.15, -0.1) is 0 Å². The summed E-state index contributed by atoms with van der Waals surface area (Å²) in [6.07, 6.45) is 0.873. The van der Waals surface area contributed by atoms with E-state index in [-0.39, 0.29) is 0 Å². The highest BCUT2D eigenvalue weighted by Gasteiger charge is 2.08. The van der Waals surface area contributed by atoms with E-state index >= 15 is 0 Å². The van der Waals surface area contributed by atoms with E-state index in [9.17, 15) is 0 Å². The lowest BCUT2D eigenvalue weighted by atomic mass is 10.1. The molecule has 0 aromatic heterocycles. The van der Waals surface area contributed by atoms with Crippen LogP contribution in [-0.4, -0.2) is 58.9 Å². The minimum absolute atomic E-state index is 0.576. The molecule has 0 aliphatic carbocycles. The lowest BCUT2D eigenvalue weighted by molar-refractivity contribution is 0.319. The van der Waals surface area contributed by atoms with Gasteiger partial charge in [-0.2, -0.15) is 0 Å². The number of hydrogen-bond acceptors (Lipinski definition) is 4. The van der Waals surface area contributed by atoms with Crippen molar-refractivity contribution in [3.8, 4) is 17.2 Å². The Hall–Kier alpha value is -2.89. The molecule has 2 rings (SSSR count). The van der Waals surface area contributed by atoms with Crippen molar-refractivity contribution in [3.05, 3.63) is 54.1 Å². The summed E-state index contributed by atoms with van der Waals surface area (Å²) in [6, 6.07) is 15.8. The minimum atomic E-state index is 0.576. The molecule has 0 heterocycles. The van der Waals surface area contributed by atoms with Gasteiger partial charge < -0.3 is 24.4 Å². The van der Waals surface area contributed by atoms with Gasteiger partial charge in [0.25, 0.3) is 0 Å². The second-order valence-electron chi connectivity index (χ2n) is 6.00. The van der Waals surface area contributed by atoms with Gasteiger partial charge in [0.05, 0.1) is 20.8 Å². The Morgan fingerprint density at radius 2 is 1.78 bits per heavy atom. The zero-order valence-electron chi connectivity index (χ0n) is 16.6. The highest BCUT2D eigenvalue weighted by atomic mass is 16.5. The van der Waals surface area contributed by atoms with Crippen LogP contribution in [0.4, 0.5) is 0 Å². The molecule has 0 spiro atoms. The summed E-state index contributed by atoms with van der Waals surface area (Å²) in [5.41, 5.74) is 1.18. The van der Waals surface area contributed by atoms with Crippen molar-refractivity contribution >= 4 is 5.96 Å². The van der Waals surface area contributed by atoms with Gasteiger partial charge in [0.1, 0.15) is 12.4 Å². The van der Waals surface area contributed by atoms with Crippen LogP contribution in [0.25, 0.3) is 0 Å². The molecule has 27 heavy (non-hydrogen) atoms. The highest BCUT2D eigenvalue weighted by Crippen LogP contribution is 2.27. The molecule has 6 nitrogen and oxygen atoms in total. The number of guanidine groups is 1. The zero-order valence-corrected chi connectivity index (χ0v) is 16.6. The molecule has 2 aromatic carbocycles. The molecule has 0 fully saturated rings. The SMILES string of the molecule is CN=C(NCCOc1ccccc1)N(C)CCc1ccc(OC)c(OC)c1. The van der Waals surface area contributed by atoms with Crippen LogP contribution in [0.1, 0.15) is 5.56 Å². The van der Waals surface area contributed by atoms with Crippen LogP contribution in [0.15, 0.2) is 53.5 Å². The van der Waals surface area contributed by atoms with Gasteiger partial charge >= 0.3 is 0 Å². The van der Waals surface area contributed by atoms with Crippen molar-refractivity contribution in [1.82, 2.24) is 10.2 Å². The van der Waals surface area contributed by atoms with Gasteiger partial charge in [0.15, 0.2) is 17.5 Å². The van der Waals surface area contributed by atoms with Crippen molar-refractivity contribution in [1.29, 1.82) is 0 Å². The predicted octanol–water partition coefficient (Wildman–Crippen LogP) is 2.83. The van der Waals surface area contributed by atoms with E-state index in [4.69, 9.17) is 14.2 Å². The van der Waals surface area contributed by atoms with Crippen molar-refractivity contribution in [2.24, 2.45) is 4.99 Å². The first-order chi connectivity index (χ1) is 13.2. The first-order valence-corrected chi connectivity index (χ1v) is 8.98. The quantitative estimate of drug-likeness (QED) is 0.417. The lowest BCUT2D eigenvalue weighted by Crippen LogP contribution is -2.41. The van der Waals surface area contributed by atoms with Crippen LogP contribution in [0.2, 0.25) is 0 Å². The third-order valence-electron chi connectivity index (χ3n) is 4.15. The Labute approximate surface area is 161 Å². The Bertz CT molecular complexity index is 720. The fraction of sp³-hybridized carbons (Fsp3) is 0.381. The number of benzene rings is 2. The lowest BCUT2D eigenvalue weighted by Gasteiger charge is -2.22. The van der Waals surface area contributed by atoms with Gasteiger partial charge in [0.2, 0.25) is 0 Å². The molecule has 0 radical (unpaired) electrons. The first-order valence-electron chi connectivity index (χ1n) is 8.98. The topological polar surface area (TPSA) is 55.3 Å². The molecule has 0 aliphatic rings. The van der Waals surface area contributed by atoms with Crippen molar-refractivity contribution < 1.29 is 14.2 Å². The van der Waals surface area contributed by atoms with E-state index in [1.807, 2.05) is 49.5 Å². The Kier molecular flexibility index (Phi) is 8.29. The number of rotatable bonds is 9. The molecule has 6 heteroatoms. The fourth-order valence-corrected chi connectivity index (χ4v) is 2.67. The van der Waals surface area contributed by atoms with Crippen LogP contribution < -0.4 is 19.5 Å². The monoisotopic (exact) mass is 371 g/mol. The number of nitrogens with zero attached hydrogens (tertiary/aromatic N) is 2. The summed E-state index contributed by atoms with van der Waals surface area (Å²) in [7, 11) is 7.10. The average Bonchev–Trinajstić information content (AvgIpc) is 2.72. The molecular formula is C21H29N3O3. The molecule has 0 amide bonds. The molecule has 0 unspecified atom stereocenters. The minimum Gasteiger partial charge on any atom is -0.493 e. The van der Waals surface area contributed by atoms with E-state index in [1.165, 1.54) is 5.56 Å². The van der Waals surface area contributed by atoms with Crippen LogP contribution in [0.5, 0.6) is 17.2 Å². The average molecular weight is 371 g/mol. The number of nitrogens with one attached hydrogen (secondary N) is 1. The third kappa shape index (κ3) is 6.40. The second-order valence-corrected chi connectivity index (χ2v) is 6.00. The molecule has 2 aromatic rings. The summed E-state index contributed by atoms with van der Waals surface area (Å²) >= 11 is 0. The molecule has 0 bridgehead atoms. The van der Waals surface area contributed by atoms with Crippen LogP contribution in [0.3, 0.4) is 0 Å². The third-order valence-corrected chi connectivity index (χ3v) is 4.15. The van der Waals surface area contributed by atoms with E-state index in [1.54, 1.807) is 21.3 Å². The number of para-hydroxylation sites is 1. The van der Waals surface area contributed by atoms with Crippen LogP contribution in [0, 0.1) is 0 Å². The Morgan fingerprint density at radius 1 is 1.04 bits per heavy atom. The number of likely N-dealkylation sites (N-methyl/N-ethyl adjacent to an activating group) is 1.